The number of fused-ring (bicyclic) bond motifs is 2. The molecule has 0 bridgehead atoms. The quantitative estimate of drug-likeness (QED) is 0.643. The van der Waals surface area contributed by atoms with E-state index in [9.17, 15) is 8.78 Å². The standard InChI is InChI=1S/C21H23F2N3O2/c1-13(20-24-16-6-4-5-7-17(16)26(20)21(22)23)25-9-8-14-10-18(27-2)19(28-3)11-15(14)12-25/h4-7,10-11,13,21H,8-9,12H2,1-3H3/t13-/m1/s1. The number of ether oxygens (including phenoxy) is 2. The molecule has 0 aliphatic carbocycles. The molecule has 1 atom stereocenters. The van der Waals surface area contributed by atoms with Gasteiger partial charge in [-0.25, -0.2) is 4.98 Å². The van der Waals surface area contributed by atoms with Gasteiger partial charge in [0.05, 0.1) is 31.3 Å². The smallest absolute Gasteiger partial charge is 0.320 e. The minimum atomic E-state index is -2.63. The zero-order valence-corrected chi connectivity index (χ0v) is 16.2. The van der Waals surface area contributed by atoms with Gasteiger partial charge in [0.2, 0.25) is 0 Å². The normalized spacial score (nSPS) is 15.6. The Hall–Kier alpha value is -2.67. The minimum absolute atomic E-state index is 0.248. The molecule has 148 valence electrons. The molecule has 0 saturated heterocycles. The maximum absolute atomic E-state index is 13.8. The number of methoxy groups -OCH3 is 2. The van der Waals surface area contributed by atoms with Gasteiger partial charge in [-0.2, -0.15) is 8.78 Å². The van der Waals surface area contributed by atoms with Crippen molar-refractivity contribution in [2.24, 2.45) is 0 Å². The molecule has 0 spiro atoms. The Morgan fingerprint density at radius 1 is 1.04 bits per heavy atom. The Labute approximate surface area is 162 Å². The number of benzene rings is 2. The van der Waals surface area contributed by atoms with Crippen LogP contribution in [0, 0.1) is 0 Å². The van der Waals surface area contributed by atoms with Crippen molar-refractivity contribution in [1.29, 1.82) is 0 Å². The highest BCUT2D eigenvalue weighted by atomic mass is 19.3. The summed E-state index contributed by atoms with van der Waals surface area (Å²) in [6.45, 7) is 0.705. The van der Waals surface area contributed by atoms with Gasteiger partial charge in [0.15, 0.2) is 11.5 Å². The molecule has 3 aromatic rings. The zero-order valence-electron chi connectivity index (χ0n) is 16.2. The second-order valence-electron chi connectivity index (χ2n) is 6.98. The second-order valence-corrected chi connectivity index (χ2v) is 6.98. The summed E-state index contributed by atoms with van der Waals surface area (Å²) in [5, 5.41) is 0. The molecule has 0 fully saturated rings. The van der Waals surface area contributed by atoms with Crippen molar-refractivity contribution in [3.63, 3.8) is 0 Å². The fourth-order valence-electron chi connectivity index (χ4n) is 3.96. The summed E-state index contributed by atoms with van der Waals surface area (Å²) in [7, 11) is 3.23. The molecule has 1 aliphatic heterocycles. The van der Waals surface area contributed by atoms with E-state index in [0.29, 0.717) is 34.9 Å². The third-order valence-electron chi connectivity index (χ3n) is 5.49. The van der Waals surface area contributed by atoms with Crippen molar-refractivity contribution < 1.29 is 18.3 Å². The van der Waals surface area contributed by atoms with Gasteiger partial charge in [0, 0.05) is 13.1 Å². The largest absolute Gasteiger partial charge is 0.493 e. The third-order valence-corrected chi connectivity index (χ3v) is 5.49. The van der Waals surface area contributed by atoms with Gasteiger partial charge in [-0.3, -0.25) is 9.47 Å². The summed E-state index contributed by atoms with van der Waals surface area (Å²) in [6, 6.07) is 10.8. The Kier molecular flexibility index (Phi) is 4.93. The number of hydrogen-bond donors (Lipinski definition) is 0. The van der Waals surface area contributed by atoms with Gasteiger partial charge < -0.3 is 9.47 Å². The molecule has 0 radical (unpaired) electrons. The Bertz CT molecular complexity index is 1000. The van der Waals surface area contributed by atoms with Crippen LogP contribution in [0.5, 0.6) is 11.5 Å². The van der Waals surface area contributed by atoms with Gasteiger partial charge in [0.25, 0.3) is 0 Å². The highest BCUT2D eigenvalue weighted by molar-refractivity contribution is 5.76. The van der Waals surface area contributed by atoms with Gasteiger partial charge in [-0.15, -0.1) is 0 Å². The van der Waals surface area contributed by atoms with Crippen molar-refractivity contribution in [3.8, 4) is 11.5 Å². The van der Waals surface area contributed by atoms with E-state index in [1.54, 1.807) is 32.4 Å². The number of halogens is 2. The SMILES string of the molecule is COc1cc2c(cc1OC)CN([C@H](C)c1nc3ccccc3n1C(F)F)CC2. The molecule has 4 rings (SSSR count). The highest BCUT2D eigenvalue weighted by Crippen LogP contribution is 2.36. The van der Waals surface area contributed by atoms with E-state index in [4.69, 9.17) is 9.47 Å². The van der Waals surface area contributed by atoms with Crippen molar-refractivity contribution in [3.05, 3.63) is 53.3 Å². The van der Waals surface area contributed by atoms with E-state index in [2.05, 4.69) is 9.88 Å². The minimum Gasteiger partial charge on any atom is -0.493 e. The summed E-state index contributed by atoms with van der Waals surface area (Å²) in [5.41, 5.74) is 3.37. The van der Waals surface area contributed by atoms with Crippen LogP contribution >= 0.6 is 0 Å². The van der Waals surface area contributed by atoms with Crippen LogP contribution in [-0.2, 0) is 13.0 Å². The monoisotopic (exact) mass is 387 g/mol. The van der Waals surface area contributed by atoms with Crippen LogP contribution in [0.4, 0.5) is 8.78 Å². The number of imidazole rings is 1. The Morgan fingerprint density at radius 3 is 2.39 bits per heavy atom. The molecule has 28 heavy (non-hydrogen) atoms. The average molecular weight is 387 g/mol. The van der Waals surface area contributed by atoms with Crippen LogP contribution in [0.2, 0.25) is 0 Å². The van der Waals surface area contributed by atoms with Crippen molar-refractivity contribution >= 4 is 11.0 Å². The maximum Gasteiger partial charge on any atom is 0.320 e. The van der Waals surface area contributed by atoms with E-state index < -0.39 is 6.55 Å². The molecule has 1 aromatic heterocycles. The van der Waals surface area contributed by atoms with E-state index >= 15 is 0 Å². The van der Waals surface area contributed by atoms with Gasteiger partial charge in [-0.1, -0.05) is 12.1 Å². The van der Waals surface area contributed by atoms with Crippen molar-refractivity contribution in [2.45, 2.75) is 32.5 Å². The lowest BCUT2D eigenvalue weighted by Gasteiger charge is -2.34. The van der Waals surface area contributed by atoms with E-state index in [0.717, 1.165) is 23.1 Å². The fraction of sp³-hybridized carbons (Fsp3) is 0.381. The summed E-state index contributed by atoms with van der Waals surface area (Å²) in [6.07, 6.45) is 0.814. The number of alkyl halides is 2. The number of rotatable bonds is 5. The van der Waals surface area contributed by atoms with Crippen LogP contribution in [0.3, 0.4) is 0 Å². The Morgan fingerprint density at radius 2 is 1.71 bits per heavy atom. The van der Waals surface area contributed by atoms with E-state index in [1.165, 1.54) is 5.56 Å². The second kappa shape index (κ2) is 7.39. The first-order valence-corrected chi connectivity index (χ1v) is 9.26. The Balaban J connectivity index is 1.68. The first-order chi connectivity index (χ1) is 13.5. The number of hydrogen-bond acceptors (Lipinski definition) is 4. The predicted octanol–water partition coefficient (Wildman–Crippen LogP) is 4.57. The molecule has 0 amide bonds. The molecule has 7 heteroatoms. The van der Waals surface area contributed by atoms with Gasteiger partial charge in [0.1, 0.15) is 5.82 Å². The molecule has 2 aromatic carbocycles. The number of nitrogens with zero attached hydrogens (tertiary/aromatic N) is 3. The highest BCUT2D eigenvalue weighted by Gasteiger charge is 2.29. The number of para-hydroxylation sites is 2. The van der Waals surface area contributed by atoms with Gasteiger partial charge >= 0.3 is 6.55 Å². The summed E-state index contributed by atoms with van der Waals surface area (Å²) >= 11 is 0. The molecule has 5 nitrogen and oxygen atoms in total. The summed E-state index contributed by atoms with van der Waals surface area (Å²) in [5.74, 6) is 1.78. The number of aromatic nitrogens is 2. The van der Waals surface area contributed by atoms with E-state index in [1.807, 2.05) is 25.1 Å². The maximum atomic E-state index is 13.8. The predicted molar refractivity (Wildman–Crippen MR) is 103 cm³/mol. The molecule has 0 saturated carbocycles. The van der Waals surface area contributed by atoms with Crippen molar-refractivity contribution in [2.75, 3.05) is 20.8 Å². The molecule has 0 N–H and O–H groups in total. The molecular weight excluding hydrogens is 364 g/mol. The van der Waals surface area contributed by atoms with Crippen molar-refractivity contribution in [1.82, 2.24) is 14.5 Å². The molecule has 0 unspecified atom stereocenters. The van der Waals surface area contributed by atoms with Crippen LogP contribution in [-0.4, -0.2) is 35.2 Å². The zero-order chi connectivity index (χ0) is 19.8. The third kappa shape index (κ3) is 3.09. The van der Waals surface area contributed by atoms with E-state index in [-0.39, 0.29) is 6.04 Å². The molecular formula is C21H23F2N3O2. The van der Waals surface area contributed by atoms with Crippen LogP contribution < -0.4 is 9.47 Å². The lowest BCUT2D eigenvalue weighted by atomic mass is 9.97. The van der Waals surface area contributed by atoms with Crippen LogP contribution in [0.25, 0.3) is 11.0 Å². The molecule has 2 heterocycles. The topological polar surface area (TPSA) is 39.5 Å². The first-order valence-electron chi connectivity index (χ1n) is 9.26. The van der Waals surface area contributed by atoms with Crippen LogP contribution in [0.15, 0.2) is 36.4 Å². The first kappa shape index (κ1) is 18.7. The average Bonchev–Trinajstić information content (AvgIpc) is 3.11. The lowest BCUT2D eigenvalue weighted by molar-refractivity contribution is 0.0635. The summed E-state index contributed by atoms with van der Waals surface area (Å²) in [4.78, 5) is 6.70. The molecule has 1 aliphatic rings. The lowest BCUT2D eigenvalue weighted by Crippen LogP contribution is -2.34. The van der Waals surface area contributed by atoms with Gasteiger partial charge in [-0.05, 0) is 48.7 Å². The summed E-state index contributed by atoms with van der Waals surface area (Å²) < 4.78 is 39.5. The van der Waals surface area contributed by atoms with Crippen LogP contribution in [0.1, 0.15) is 36.5 Å². The fourth-order valence-corrected chi connectivity index (χ4v) is 3.96.